The van der Waals surface area contributed by atoms with Crippen molar-refractivity contribution in [1.29, 1.82) is 0 Å². The minimum absolute atomic E-state index is 0.269. The number of halogens is 1. The minimum atomic E-state index is -0.269. The van der Waals surface area contributed by atoms with Crippen LogP contribution in [0.3, 0.4) is 0 Å². The van der Waals surface area contributed by atoms with Crippen molar-refractivity contribution in [3.05, 3.63) is 66.5 Å². The highest BCUT2D eigenvalue weighted by molar-refractivity contribution is 5.82. The number of hydrogen-bond donors (Lipinski definition) is 0. The van der Waals surface area contributed by atoms with Crippen LogP contribution in [0.5, 0.6) is 0 Å². The number of aromatic nitrogens is 4. The summed E-state index contributed by atoms with van der Waals surface area (Å²) in [6.07, 6.45) is 7.55. The fourth-order valence-corrected chi connectivity index (χ4v) is 3.82. The molecule has 4 aromatic rings. The Hall–Kier alpha value is -3.28. The average Bonchev–Trinajstić information content (AvgIpc) is 3.37. The Morgan fingerprint density at radius 2 is 1.79 bits per heavy atom. The Morgan fingerprint density at radius 1 is 0.964 bits per heavy atom. The zero-order valence-electron chi connectivity index (χ0n) is 15.6. The average molecular weight is 373 g/mol. The molecular weight excluding hydrogens is 353 g/mol. The van der Waals surface area contributed by atoms with Crippen molar-refractivity contribution in [2.45, 2.75) is 19.8 Å². The third kappa shape index (κ3) is 2.81. The Kier molecular flexibility index (Phi) is 4.04. The molecule has 28 heavy (non-hydrogen) atoms. The molecule has 0 bridgehead atoms. The summed E-state index contributed by atoms with van der Waals surface area (Å²) in [5, 5.41) is 0. The van der Waals surface area contributed by atoms with Crippen LogP contribution in [0.2, 0.25) is 0 Å². The zero-order chi connectivity index (χ0) is 19.1. The first-order valence-electron chi connectivity index (χ1n) is 9.51. The normalized spacial score (nSPS) is 14.1. The molecule has 5 rings (SSSR count). The second-order valence-corrected chi connectivity index (χ2v) is 7.15. The number of imidazole rings is 1. The van der Waals surface area contributed by atoms with E-state index in [1.165, 1.54) is 0 Å². The van der Waals surface area contributed by atoms with Gasteiger partial charge in [-0.1, -0.05) is 0 Å². The van der Waals surface area contributed by atoms with E-state index >= 15 is 4.39 Å². The fourth-order valence-electron chi connectivity index (χ4n) is 3.82. The lowest BCUT2D eigenvalue weighted by Crippen LogP contribution is -2.17. The van der Waals surface area contributed by atoms with Crippen molar-refractivity contribution in [3.63, 3.8) is 0 Å². The third-order valence-electron chi connectivity index (χ3n) is 5.28. The van der Waals surface area contributed by atoms with E-state index in [0.29, 0.717) is 11.4 Å². The summed E-state index contributed by atoms with van der Waals surface area (Å²) in [5.74, 6) is 0.285. The van der Waals surface area contributed by atoms with Crippen LogP contribution in [-0.4, -0.2) is 32.6 Å². The topological polar surface area (TPSA) is 46.8 Å². The zero-order valence-corrected chi connectivity index (χ0v) is 15.6. The molecule has 1 aliphatic heterocycles. The summed E-state index contributed by atoms with van der Waals surface area (Å²) in [6.45, 7) is 3.91. The van der Waals surface area contributed by atoms with Gasteiger partial charge in [0, 0.05) is 30.7 Å². The SMILES string of the molecule is Cc1ccc(-n2c(-c3ccc(N4CCCC4)cc3F)nc3ccncc32)cn1. The van der Waals surface area contributed by atoms with Crippen molar-refractivity contribution < 1.29 is 4.39 Å². The van der Waals surface area contributed by atoms with Crippen LogP contribution in [0.4, 0.5) is 10.1 Å². The Morgan fingerprint density at radius 3 is 2.54 bits per heavy atom. The van der Waals surface area contributed by atoms with E-state index in [2.05, 4.69) is 14.9 Å². The maximum Gasteiger partial charge on any atom is 0.148 e. The quantitative estimate of drug-likeness (QED) is 0.529. The summed E-state index contributed by atoms with van der Waals surface area (Å²) in [4.78, 5) is 15.6. The lowest BCUT2D eigenvalue weighted by molar-refractivity contribution is 0.629. The number of pyridine rings is 2. The van der Waals surface area contributed by atoms with Gasteiger partial charge in [0.05, 0.1) is 34.7 Å². The van der Waals surface area contributed by atoms with Crippen LogP contribution in [0.1, 0.15) is 18.5 Å². The molecule has 5 nitrogen and oxygen atoms in total. The highest BCUT2D eigenvalue weighted by atomic mass is 19.1. The Balaban J connectivity index is 1.68. The molecule has 1 saturated heterocycles. The van der Waals surface area contributed by atoms with E-state index in [4.69, 9.17) is 4.98 Å². The van der Waals surface area contributed by atoms with Crippen molar-refractivity contribution in [2.75, 3.05) is 18.0 Å². The van der Waals surface area contributed by atoms with Crippen LogP contribution in [-0.2, 0) is 0 Å². The molecule has 0 spiro atoms. The first-order chi connectivity index (χ1) is 13.7. The molecule has 140 valence electrons. The minimum Gasteiger partial charge on any atom is -0.371 e. The summed E-state index contributed by atoms with van der Waals surface area (Å²) in [7, 11) is 0. The van der Waals surface area contributed by atoms with E-state index in [9.17, 15) is 0 Å². The molecule has 0 aliphatic carbocycles. The molecular formula is C22H20FN5. The van der Waals surface area contributed by atoms with Crippen molar-refractivity contribution in [1.82, 2.24) is 19.5 Å². The van der Waals surface area contributed by atoms with Crippen molar-refractivity contribution in [2.24, 2.45) is 0 Å². The molecule has 0 unspecified atom stereocenters. The summed E-state index contributed by atoms with van der Waals surface area (Å²) >= 11 is 0. The van der Waals surface area contributed by atoms with Gasteiger partial charge in [-0.05, 0) is 56.2 Å². The third-order valence-corrected chi connectivity index (χ3v) is 5.28. The van der Waals surface area contributed by atoms with Gasteiger partial charge in [-0.3, -0.25) is 14.5 Å². The standard InChI is InChI=1S/C22H20FN5/c1-15-4-5-17(13-25-15)28-21-14-24-9-8-20(21)26-22(28)18-7-6-16(12-19(18)23)27-10-2-3-11-27/h4-9,12-14H,2-3,10-11H2,1H3. The van der Waals surface area contributed by atoms with Gasteiger partial charge in [0.25, 0.3) is 0 Å². The molecule has 0 amide bonds. The van der Waals surface area contributed by atoms with Crippen LogP contribution in [0.15, 0.2) is 55.0 Å². The molecule has 0 saturated carbocycles. The lowest BCUT2D eigenvalue weighted by Gasteiger charge is -2.18. The van der Waals surface area contributed by atoms with Gasteiger partial charge in [0.15, 0.2) is 0 Å². The predicted molar refractivity (Wildman–Crippen MR) is 108 cm³/mol. The van der Waals surface area contributed by atoms with Crippen molar-refractivity contribution >= 4 is 16.7 Å². The number of fused-ring (bicyclic) bond motifs is 1. The number of hydrogen-bond acceptors (Lipinski definition) is 4. The number of aryl methyl sites for hydroxylation is 1. The van der Waals surface area contributed by atoms with Gasteiger partial charge in [-0.15, -0.1) is 0 Å². The summed E-state index contributed by atoms with van der Waals surface area (Å²) in [6, 6.07) is 11.2. The summed E-state index contributed by atoms with van der Waals surface area (Å²) < 4.78 is 17.1. The number of benzene rings is 1. The van der Waals surface area contributed by atoms with Gasteiger partial charge >= 0.3 is 0 Å². The molecule has 1 fully saturated rings. The molecule has 0 atom stereocenters. The highest BCUT2D eigenvalue weighted by Gasteiger charge is 2.20. The first kappa shape index (κ1) is 16.9. The van der Waals surface area contributed by atoms with E-state index < -0.39 is 0 Å². The molecule has 0 radical (unpaired) electrons. The lowest BCUT2D eigenvalue weighted by atomic mass is 10.1. The molecule has 3 aromatic heterocycles. The second kappa shape index (κ2) is 6.71. The Labute approximate surface area is 162 Å². The fraction of sp³-hybridized carbons (Fsp3) is 0.227. The summed E-state index contributed by atoms with van der Waals surface area (Å²) in [5.41, 5.74) is 4.76. The van der Waals surface area contributed by atoms with E-state index in [-0.39, 0.29) is 5.82 Å². The molecule has 4 heterocycles. The van der Waals surface area contributed by atoms with Crippen LogP contribution < -0.4 is 4.90 Å². The van der Waals surface area contributed by atoms with Gasteiger partial charge in [0.1, 0.15) is 11.6 Å². The molecule has 6 heteroatoms. The van der Waals surface area contributed by atoms with E-state index in [1.54, 1.807) is 24.7 Å². The number of anilines is 1. The largest absolute Gasteiger partial charge is 0.371 e. The smallest absolute Gasteiger partial charge is 0.148 e. The molecule has 1 aliphatic rings. The highest BCUT2D eigenvalue weighted by Crippen LogP contribution is 2.32. The van der Waals surface area contributed by atoms with E-state index in [1.807, 2.05) is 41.8 Å². The Bertz CT molecular complexity index is 1140. The van der Waals surface area contributed by atoms with E-state index in [0.717, 1.165) is 54.0 Å². The predicted octanol–water partition coefficient (Wildman–Crippen LogP) is 4.53. The van der Waals surface area contributed by atoms with Crippen LogP contribution in [0.25, 0.3) is 28.1 Å². The van der Waals surface area contributed by atoms with Crippen LogP contribution in [0, 0.1) is 12.7 Å². The second-order valence-electron chi connectivity index (χ2n) is 7.15. The number of nitrogens with zero attached hydrogens (tertiary/aromatic N) is 5. The molecule has 0 N–H and O–H groups in total. The van der Waals surface area contributed by atoms with Gasteiger partial charge in [-0.2, -0.15) is 0 Å². The maximum absolute atomic E-state index is 15.2. The van der Waals surface area contributed by atoms with Crippen LogP contribution >= 0.6 is 0 Å². The van der Waals surface area contributed by atoms with Gasteiger partial charge < -0.3 is 4.90 Å². The molecule has 1 aromatic carbocycles. The monoisotopic (exact) mass is 373 g/mol. The van der Waals surface area contributed by atoms with Crippen molar-refractivity contribution in [3.8, 4) is 17.1 Å². The maximum atomic E-state index is 15.2. The number of rotatable bonds is 3. The van der Waals surface area contributed by atoms with Gasteiger partial charge in [0.2, 0.25) is 0 Å². The van der Waals surface area contributed by atoms with Gasteiger partial charge in [-0.25, -0.2) is 9.37 Å². The first-order valence-corrected chi connectivity index (χ1v) is 9.51.